The summed E-state index contributed by atoms with van der Waals surface area (Å²) in [7, 11) is 0. The molecule has 1 aliphatic rings. The van der Waals surface area contributed by atoms with Crippen molar-refractivity contribution in [3.8, 4) is 0 Å². The maximum absolute atomic E-state index is 11.7. The fourth-order valence-electron chi connectivity index (χ4n) is 1.92. The number of esters is 1. The van der Waals surface area contributed by atoms with Crippen molar-refractivity contribution in [3.63, 3.8) is 0 Å². The van der Waals surface area contributed by atoms with Crippen LogP contribution < -0.4 is 0 Å². The number of hydrogen-bond donors (Lipinski definition) is 2. The van der Waals surface area contributed by atoms with E-state index in [9.17, 15) is 14.7 Å². The van der Waals surface area contributed by atoms with Crippen molar-refractivity contribution in [2.45, 2.75) is 45.3 Å². The van der Waals surface area contributed by atoms with Gasteiger partial charge in [-0.2, -0.15) is 0 Å². The monoisotopic (exact) mass is 230 g/mol. The highest BCUT2D eigenvalue weighted by Crippen LogP contribution is 2.34. The Labute approximate surface area is 94.4 Å². The second-order valence-electron chi connectivity index (χ2n) is 5.21. The summed E-state index contributed by atoms with van der Waals surface area (Å²) in [5.74, 6) is -3.14. The van der Waals surface area contributed by atoms with Gasteiger partial charge in [0.15, 0.2) is 0 Å². The SMILES string of the molecule is CC(C)(C)OC(=O)C1CC(O)CC1C(=O)O. The lowest BCUT2D eigenvalue weighted by molar-refractivity contribution is -0.165. The molecule has 0 amide bonds. The van der Waals surface area contributed by atoms with Crippen LogP contribution in [-0.4, -0.2) is 33.9 Å². The highest BCUT2D eigenvalue weighted by atomic mass is 16.6. The number of rotatable bonds is 2. The molecule has 1 aliphatic carbocycles. The lowest BCUT2D eigenvalue weighted by Gasteiger charge is -2.23. The summed E-state index contributed by atoms with van der Waals surface area (Å²) >= 11 is 0. The van der Waals surface area contributed by atoms with Crippen molar-refractivity contribution >= 4 is 11.9 Å². The van der Waals surface area contributed by atoms with Crippen molar-refractivity contribution < 1.29 is 24.5 Å². The number of carboxylic acids is 1. The van der Waals surface area contributed by atoms with Crippen LogP contribution in [0.15, 0.2) is 0 Å². The molecule has 0 radical (unpaired) electrons. The van der Waals surface area contributed by atoms with Gasteiger partial charge in [-0.25, -0.2) is 0 Å². The molecule has 5 nitrogen and oxygen atoms in total. The van der Waals surface area contributed by atoms with Gasteiger partial charge in [0, 0.05) is 0 Å². The van der Waals surface area contributed by atoms with Gasteiger partial charge < -0.3 is 14.9 Å². The fraction of sp³-hybridized carbons (Fsp3) is 0.818. The van der Waals surface area contributed by atoms with Crippen molar-refractivity contribution in [2.24, 2.45) is 11.8 Å². The van der Waals surface area contributed by atoms with Gasteiger partial charge in [-0.3, -0.25) is 9.59 Å². The Kier molecular flexibility index (Phi) is 3.57. The Morgan fingerprint density at radius 3 is 2.12 bits per heavy atom. The summed E-state index contributed by atoms with van der Waals surface area (Å²) in [5, 5.41) is 18.3. The van der Waals surface area contributed by atoms with Crippen molar-refractivity contribution in [1.82, 2.24) is 0 Å². The van der Waals surface area contributed by atoms with Crippen LogP contribution in [0.4, 0.5) is 0 Å². The van der Waals surface area contributed by atoms with Crippen LogP contribution in [0, 0.1) is 11.8 Å². The fourth-order valence-corrected chi connectivity index (χ4v) is 1.92. The highest BCUT2D eigenvalue weighted by molar-refractivity contribution is 5.82. The largest absolute Gasteiger partial charge is 0.481 e. The number of aliphatic hydroxyl groups is 1. The molecule has 0 spiro atoms. The van der Waals surface area contributed by atoms with Gasteiger partial charge in [-0.15, -0.1) is 0 Å². The van der Waals surface area contributed by atoms with E-state index < -0.39 is 35.5 Å². The standard InChI is InChI=1S/C11H18O5/c1-11(2,3)16-10(15)8-5-6(12)4-7(8)9(13)14/h6-8,12H,4-5H2,1-3H3,(H,13,14). The Bertz CT molecular complexity index is 291. The molecular weight excluding hydrogens is 212 g/mol. The van der Waals surface area contributed by atoms with E-state index in [0.29, 0.717) is 0 Å². The van der Waals surface area contributed by atoms with Crippen molar-refractivity contribution in [1.29, 1.82) is 0 Å². The van der Waals surface area contributed by atoms with Gasteiger partial charge in [-0.05, 0) is 33.6 Å². The first-order valence-electron chi connectivity index (χ1n) is 5.34. The Morgan fingerprint density at radius 2 is 1.69 bits per heavy atom. The zero-order valence-electron chi connectivity index (χ0n) is 9.77. The van der Waals surface area contributed by atoms with Gasteiger partial charge in [0.05, 0.1) is 17.9 Å². The predicted molar refractivity (Wildman–Crippen MR) is 55.7 cm³/mol. The van der Waals surface area contributed by atoms with Crippen LogP contribution in [0.2, 0.25) is 0 Å². The molecule has 3 atom stereocenters. The van der Waals surface area contributed by atoms with Crippen LogP contribution in [0.3, 0.4) is 0 Å². The molecule has 5 heteroatoms. The molecule has 1 saturated carbocycles. The first kappa shape index (κ1) is 13.0. The molecule has 0 aromatic heterocycles. The van der Waals surface area contributed by atoms with Crippen LogP contribution in [-0.2, 0) is 14.3 Å². The van der Waals surface area contributed by atoms with E-state index in [1.54, 1.807) is 20.8 Å². The molecule has 1 rings (SSSR count). The minimum Gasteiger partial charge on any atom is -0.481 e. The third-order valence-corrected chi connectivity index (χ3v) is 2.56. The first-order valence-corrected chi connectivity index (χ1v) is 5.34. The van der Waals surface area contributed by atoms with E-state index in [2.05, 4.69) is 0 Å². The summed E-state index contributed by atoms with van der Waals surface area (Å²) in [5.41, 5.74) is -0.631. The molecule has 0 bridgehead atoms. The van der Waals surface area contributed by atoms with Gasteiger partial charge in [0.25, 0.3) is 0 Å². The van der Waals surface area contributed by atoms with Gasteiger partial charge in [-0.1, -0.05) is 0 Å². The number of ether oxygens (including phenoxy) is 1. The summed E-state index contributed by atoms with van der Waals surface area (Å²) < 4.78 is 5.14. The van der Waals surface area contributed by atoms with E-state index in [-0.39, 0.29) is 12.8 Å². The smallest absolute Gasteiger partial charge is 0.310 e. The maximum Gasteiger partial charge on any atom is 0.310 e. The van der Waals surface area contributed by atoms with Crippen LogP contribution in [0.1, 0.15) is 33.6 Å². The molecular formula is C11H18O5. The number of carbonyl (C=O) groups excluding carboxylic acids is 1. The van der Waals surface area contributed by atoms with E-state index >= 15 is 0 Å². The first-order chi connectivity index (χ1) is 7.20. The molecule has 0 heterocycles. The summed E-state index contributed by atoms with van der Waals surface area (Å²) in [6.45, 7) is 5.18. The Hall–Kier alpha value is -1.10. The number of carboxylic acid groups (broad SMARTS) is 1. The van der Waals surface area contributed by atoms with E-state index in [1.165, 1.54) is 0 Å². The normalized spacial score (nSPS) is 30.1. The predicted octanol–water partition coefficient (Wildman–Crippen LogP) is 0.800. The second-order valence-corrected chi connectivity index (χ2v) is 5.21. The molecule has 2 N–H and O–H groups in total. The van der Waals surface area contributed by atoms with E-state index in [0.717, 1.165) is 0 Å². The minimum absolute atomic E-state index is 0.124. The third-order valence-electron chi connectivity index (χ3n) is 2.56. The quantitative estimate of drug-likeness (QED) is 0.685. The second kappa shape index (κ2) is 4.41. The molecule has 0 aromatic carbocycles. The molecule has 0 saturated heterocycles. The molecule has 0 aliphatic heterocycles. The molecule has 92 valence electrons. The van der Waals surface area contributed by atoms with Gasteiger partial charge in [0.1, 0.15) is 5.60 Å². The molecule has 3 unspecified atom stereocenters. The zero-order valence-corrected chi connectivity index (χ0v) is 9.77. The van der Waals surface area contributed by atoms with Gasteiger partial charge in [0.2, 0.25) is 0 Å². The van der Waals surface area contributed by atoms with E-state index in [4.69, 9.17) is 9.84 Å². The van der Waals surface area contributed by atoms with Crippen LogP contribution in [0.25, 0.3) is 0 Å². The third kappa shape index (κ3) is 3.20. The van der Waals surface area contributed by atoms with Crippen LogP contribution in [0.5, 0.6) is 0 Å². The number of carbonyl (C=O) groups is 2. The van der Waals surface area contributed by atoms with Gasteiger partial charge >= 0.3 is 11.9 Å². The summed E-state index contributed by atoms with van der Waals surface area (Å²) in [6, 6.07) is 0. The molecule has 1 fully saturated rings. The summed E-state index contributed by atoms with van der Waals surface area (Å²) in [6.07, 6.45) is -0.427. The zero-order chi connectivity index (χ0) is 12.5. The highest BCUT2D eigenvalue weighted by Gasteiger charge is 2.44. The van der Waals surface area contributed by atoms with E-state index in [1.807, 2.05) is 0 Å². The number of hydrogen-bond acceptors (Lipinski definition) is 4. The summed E-state index contributed by atoms with van der Waals surface area (Å²) in [4.78, 5) is 22.6. The Morgan fingerprint density at radius 1 is 1.19 bits per heavy atom. The molecule has 16 heavy (non-hydrogen) atoms. The minimum atomic E-state index is -1.05. The average Bonchev–Trinajstić information content (AvgIpc) is 2.44. The average molecular weight is 230 g/mol. The molecule has 0 aromatic rings. The Balaban J connectivity index is 2.71. The number of aliphatic carboxylic acids is 1. The lowest BCUT2D eigenvalue weighted by Crippen LogP contribution is -2.32. The maximum atomic E-state index is 11.7. The topological polar surface area (TPSA) is 83.8 Å². The van der Waals surface area contributed by atoms with Crippen molar-refractivity contribution in [2.75, 3.05) is 0 Å². The number of aliphatic hydroxyl groups excluding tert-OH is 1. The lowest BCUT2D eigenvalue weighted by atomic mass is 9.96. The van der Waals surface area contributed by atoms with Crippen LogP contribution >= 0.6 is 0 Å². The van der Waals surface area contributed by atoms with Crippen molar-refractivity contribution in [3.05, 3.63) is 0 Å².